The van der Waals surface area contributed by atoms with Gasteiger partial charge < -0.3 is 9.64 Å². The molecule has 0 aromatic heterocycles. The normalized spacial score (nSPS) is 16.2. The van der Waals surface area contributed by atoms with Gasteiger partial charge in [0.2, 0.25) is 6.41 Å². The van der Waals surface area contributed by atoms with Gasteiger partial charge in [0.25, 0.3) is 0 Å². The lowest BCUT2D eigenvalue weighted by Crippen LogP contribution is -2.36. The molecule has 1 aliphatic heterocycles. The highest BCUT2D eigenvalue weighted by Gasteiger charge is 2.23. The van der Waals surface area contributed by atoms with E-state index in [1.807, 2.05) is 0 Å². The van der Waals surface area contributed by atoms with Crippen molar-refractivity contribution in [3.8, 4) is 0 Å². The summed E-state index contributed by atoms with van der Waals surface area (Å²) in [6.07, 6.45) is 1.99. The van der Waals surface area contributed by atoms with Gasteiger partial charge in [0.05, 0.1) is 10.6 Å². The molecule has 2 rings (SSSR count). The number of hydrogen-bond acceptors (Lipinski definition) is 3. The molecule has 0 spiro atoms. The fourth-order valence-corrected chi connectivity index (χ4v) is 2.54. The highest BCUT2D eigenvalue weighted by molar-refractivity contribution is 9.10. The lowest BCUT2D eigenvalue weighted by Gasteiger charge is -2.28. The van der Waals surface area contributed by atoms with E-state index in [0.717, 1.165) is 6.41 Å². The van der Waals surface area contributed by atoms with Crippen LogP contribution in [0.2, 0.25) is 5.02 Å². The smallest absolute Gasteiger partial charge is 0.339 e. The fraction of sp³-hybridized carbons (Fsp3) is 0.385. The molecule has 0 N–H and O–H groups in total. The van der Waals surface area contributed by atoms with Gasteiger partial charge in [-0.15, -0.1) is 0 Å². The number of halogens is 2. The summed E-state index contributed by atoms with van der Waals surface area (Å²) in [5, 5.41) is 0.359. The molecule has 1 aromatic carbocycles. The van der Waals surface area contributed by atoms with Gasteiger partial charge in [-0.25, -0.2) is 4.79 Å². The first kappa shape index (κ1) is 14.3. The first-order valence-electron chi connectivity index (χ1n) is 5.96. The molecular formula is C13H13BrClNO3. The minimum atomic E-state index is -0.421. The molecule has 4 nitrogen and oxygen atoms in total. The zero-order valence-electron chi connectivity index (χ0n) is 10.1. The molecule has 0 radical (unpaired) electrons. The first-order valence-corrected chi connectivity index (χ1v) is 7.13. The predicted octanol–water partition coefficient (Wildman–Crippen LogP) is 2.88. The highest BCUT2D eigenvalue weighted by atomic mass is 79.9. The van der Waals surface area contributed by atoms with E-state index in [2.05, 4.69) is 15.9 Å². The van der Waals surface area contributed by atoms with E-state index < -0.39 is 5.97 Å². The van der Waals surface area contributed by atoms with E-state index in [-0.39, 0.29) is 6.10 Å². The standard InChI is InChI=1S/C13H13BrClNO3/c14-11-3-1-2-10(12(11)15)13(18)19-9-4-6-16(8-17)7-5-9/h1-3,8-9H,4-7H2. The summed E-state index contributed by atoms with van der Waals surface area (Å²) in [5.41, 5.74) is 0.355. The maximum Gasteiger partial charge on any atom is 0.339 e. The van der Waals surface area contributed by atoms with Crippen LogP contribution in [0.25, 0.3) is 0 Å². The third-order valence-corrected chi connectivity index (χ3v) is 4.37. The molecule has 0 unspecified atom stereocenters. The Balaban J connectivity index is 1.98. The summed E-state index contributed by atoms with van der Waals surface area (Å²) in [4.78, 5) is 24.3. The number of nitrogens with zero attached hydrogens (tertiary/aromatic N) is 1. The number of amides is 1. The van der Waals surface area contributed by atoms with Gasteiger partial charge in [-0.05, 0) is 28.1 Å². The van der Waals surface area contributed by atoms with Gasteiger partial charge in [0.1, 0.15) is 6.10 Å². The Kier molecular flexibility index (Phi) is 4.82. The zero-order valence-corrected chi connectivity index (χ0v) is 12.5. The molecule has 1 aromatic rings. The molecule has 19 heavy (non-hydrogen) atoms. The minimum Gasteiger partial charge on any atom is -0.459 e. The van der Waals surface area contributed by atoms with Crippen molar-refractivity contribution in [3.63, 3.8) is 0 Å². The summed E-state index contributed by atoms with van der Waals surface area (Å²) >= 11 is 9.32. The molecule has 1 aliphatic rings. The number of benzene rings is 1. The van der Waals surface area contributed by atoms with E-state index in [0.29, 0.717) is 41.0 Å². The molecule has 1 fully saturated rings. The third kappa shape index (κ3) is 3.48. The lowest BCUT2D eigenvalue weighted by atomic mass is 10.1. The summed E-state index contributed by atoms with van der Waals surface area (Å²) in [5.74, 6) is -0.421. The largest absolute Gasteiger partial charge is 0.459 e. The van der Waals surface area contributed by atoms with Crippen LogP contribution in [0.1, 0.15) is 23.2 Å². The van der Waals surface area contributed by atoms with Crippen LogP contribution in [0, 0.1) is 0 Å². The Labute approximate surface area is 124 Å². The summed E-state index contributed by atoms with van der Waals surface area (Å²) in [7, 11) is 0. The minimum absolute atomic E-state index is 0.154. The molecule has 0 aliphatic carbocycles. The molecule has 1 saturated heterocycles. The molecule has 0 bridgehead atoms. The average molecular weight is 347 g/mol. The Morgan fingerprint density at radius 1 is 1.42 bits per heavy atom. The van der Waals surface area contributed by atoms with Crippen molar-refractivity contribution in [3.05, 3.63) is 33.3 Å². The van der Waals surface area contributed by atoms with E-state index in [1.54, 1.807) is 23.1 Å². The lowest BCUT2D eigenvalue weighted by molar-refractivity contribution is -0.120. The fourth-order valence-electron chi connectivity index (χ4n) is 1.98. The zero-order chi connectivity index (χ0) is 13.8. The van der Waals surface area contributed by atoms with Gasteiger partial charge in [0, 0.05) is 30.4 Å². The number of carbonyl (C=O) groups excluding carboxylic acids is 2. The number of piperidine rings is 1. The Morgan fingerprint density at radius 2 is 2.11 bits per heavy atom. The third-order valence-electron chi connectivity index (χ3n) is 3.07. The molecule has 0 atom stereocenters. The molecule has 0 saturated carbocycles. The Hall–Kier alpha value is -1.07. The SMILES string of the molecule is O=CN1CCC(OC(=O)c2cccc(Br)c2Cl)CC1. The average Bonchev–Trinajstić information content (AvgIpc) is 2.42. The van der Waals surface area contributed by atoms with Crippen molar-refractivity contribution in [1.82, 2.24) is 4.90 Å². The molecular weight excluding hydrogens is 334 g/mol. The summed E-state index contributed by atoms with van der Waals surface area (Å²) in [6.45, 7) is 1.24. The van der Waals surface area contributed by atoms with Gasteiger partial charge >= 0.3 is 5.97 Å². The number of rotatable bonds is 3. The van der Waals surface area contributed by atoms with E-state index in [1.165, 1.54) is 0 Å². The van der Waals surface area contributed by atoms with Crippen LogP contribution in [0.5, 0.6) is 0 Å². The molecule has 1 amide bonds. The maximum absolute atomic E-state index is 12.0. The number of hydrogen-bond donors (Lipinski definition) is 0. The van der Waals surface area contributed by atoms with E-state index in [9.17, 15) is 9.59 Å². The summed E-state index contributed by atoms with van der Waals surface area (Å²) < 4.78 is 6.09. The van der Waals surface area contributed by atoms with Crippen LogP contribution in [0.3, 0.4) is 0 Å². The van der Waals surface area contributed by atoms with Crippen LogP contribution in [-0.4, -0.2) is 36.5 Å². The van der Waals surface area contributed by atoms with Crippen molar-refractivity contribution >= 4 is 39.9 Å². The molecule has 1 heterocycles. The van der Waals surface area contributed by atoms with Gasteiger partial charge in [-0.2, -0.15) is 0 Å². The number of ether oxygens (including phenoxy) is 1. The highest BCUT2D eigenvalue weighted by Crippen LogP contribution is 2.27. The maximum atomic E-state index is 12.0. The van der Waals surface area contributed by atoms with Crippen molar-refractivity contribution in [1.29, 1.82) is 0 Å². The monoisotopic (exact) mass is 345 g/mol. The Bertz CT molecular complexity index is 487. The topological polar surface area (TPSA) is 46.6 Å². The first-order chi connectivity index (χ1) is 9.11. The van der Waals surface area contributed by atoms with Gasteiger partial charge in [0.15, 0.2) is 0 Å². The van der Waals surface area contributed by atoms with Crippen LogP contribution in [0.4, 0.5) is 0 Å². The van der Waals surface area contributed by atoms with Crippen LogP contribution in [-0.2, 0) is 9.53 Å². The van der Waals surface area contributed by atoms with Crippen molar-refractivity contribution in [2.45, 2.75) is 18.9 Å². The van der Waals surface area contributed by atoms with Crippen LogP contribution in [0.15, 0.2) is 22.7 Å². The number of esters is 1. The number of likely N-dealkylation sites (tertiary alicyclic amines) is 1. The van der Waals surface area contributed by atoms with Crippen molar-refractivity contribution in [2.75, 3.05) is 13.1 Å². The van der Waals surface area contributed by atoms with E-state index >= 15 is 0 Å². The van der Waals surface area contributed by atoms with Crippen LogP contribution >= 0.6 is 27.5 Å². The quantitative estimate of drug-likeness (QED) is 0.624. The van der Waals surface area contributed by atoms with Gasteiger partial charge in [-0.1, -0.05) is 17.7 Å². The Morgan fingerprint density at radius 3 is 2.74 bits per heavy atom. The molecule has 102 valence electrons. The second-order valence-corrected chi connectivity index (χ2v) is 5.58. The van der Waals surface area contributed by atoms with E-state index in [4.69, 9.17) is 16.3 Å². The number of carbonyl (C=O) groups is 2. The second-order valence-electron chi connectivity index (χ2n) is 4.35. The predicted molar refractivity (Wildman–Crippen MR) is 75.2 cm³/mol. The van der Waals surface area contributed by atoms with Crippen molar-refractivity contribution in [2.24, 2.45) is 0 Å². The van der Waals surface area contributed by atoms with Gasteiger partial charge in [-0.3, -0.25) is 4.79 Å². The van der Waals surface area contributed by atoms with Crippen molar-refractivity contribution < 1.29 is 14.3 Å². The summed E-state index contributed by atoms with van der Waals surface area (Å²) in [6, 6.07) is 5.14. The van der Waals surface area contributed by atoms with Crippen LogP contribution < -0.4 is 0 Å². The second kappa shape index (κ2) is 6.39. The molecule has 6 heteroatoms.